The predicted molar refractivity (Wildman–Crippen MR) is 92.9 cm³/mol. The first kappa shape index (κ1) is 15.2. The maximum absolute atomic E-state index is 12.6. The number of halogens is 2. The first-order valence-corrected chi connectivity index (χ1v) is 8.28. The van der Waals surface area contributed by atoms with E-state index in [4.69, 9.17) is 0 Å². The van der Waals surface area contributed by atoms with Crippen molar-refractivity contribution in [2.24, 2.45) is 0 Å². The van der Waals surface area contributed by atoms with Crippen LogP contribution in [0.15, 0.2) is 51.4 Å². The van der Waals surface area contributed by atoms with E-state index in [1.165, 1.54) is 0 Å². The Labute approximate surface area is 144 Å². The number of hydrogen-bond acceptors (Lipinski definition) is 2. The SMILES string of the molecule is O=C1CC(C(=O)Nc2cc(Br)ccc2Br)c2ccccc2N1. The molecule has 0 aliphatic carbocycles. The Kier molecular flexibility index (Phi) is 4.31. The van der Waals surface area contributed by atoms with E-state index < -0.39 is 5.92 Å². The van der Waals surface area contributed by atoms with E-state index in [0.717, 1.165) is 14.5 Å². The van der Waals surface area contributed by atoms with Crippen molar-refractivity contribution in [3.8, 4) is 0 Å². The third-order valence-corrected chi connectivity index (χ3v) is 4.69. The molecule has 2 N–H and O–H groups in total. The molecule has 3 rings (SSSR count). The van der Waals surface area contributed by atoms with Gasteiger partial charge in [0.25, 0.3) is 0 Å². The van der Waals surface area contributed by atoms with Crippen LogP contribution in [-0.2, 0) is 9.59 Å². The van der Waals surface area contributed by atoms with Crippen LogP contribution in [0.5, 0.6) is 0 Å². The average Bonchev–Trinajstić information content (AvgIpc) is 2.50. The number of anilines is 2. The molecular weight excluding hydrogens is 412 g/mol. The number of nitrogens with one attached hydrogen (secondary N) is 2. The van der Waals surface area contributed by atoms with E-state index in [0.29, 0.717) is 11.4 Å². The van der Waals surface area contributed by atoms with Gasteiger partial charge in [-0.25, -0.2) is 0 Å². The third-order valence-electron chi connectivity index (χ3n) is 3.50. The molecule has 0 bridgehead atoms. The van der Waals surface area contributed by atoms with Crippen molar-refractivity contribution < 1.29 is 9.59 Å². The van der Waals surface area contributed by atoms with Gasteiger partial charge >= 0.3 is 0 Å². The number of carbonyl (C=O) groups is 2. The Hall–Kier alpha value is -1.66. The molecule has 4 nitrogen and oxygen atoms in total. The molecule has 6 heteroatoms. The fourth-order valence-electron chi connectivity index (χ4n) is 2.46. The Bertz CT molecular complexity index is 762. The van der Waals surface area contributed by atoms with Crippen LogP contribution >= 0.6 is 31.9 Å². The third kappa shape index (κ3) is 3.08. The highest BCUT2D eigenvalue weighted by Crippen LogP contribution is 2.34. The van der Waals surface area contributed by atoms with E-state index in [1.54, 1.807) is 0 Å². The molecular formula is C16H12Br2N2O2. The van der Waals surface area contributed by atoms with Crippen LogP contribution in [0.3, 0.4) is 0 Å². The van der Waals surface area contributed by atoms with Crippen LogP contribution in [0, 0.1) is 0 Å². The van der Waals surface area contributed by atoms with Crippen LogP contribution in [0.25, 0.3) is 0 Å². The zero-order valence-electron chi connectivity index (χ0n) is 11.4. The molecule has 1 unspecified atom stereocenters. The first-order chi connectivity index (χ1) is 10.5. The number of benzene rings is 2. The molecule has 22 heavy (non-hydrogen) atoms. The van der Waals surface area contributed by atoms with Gasteiger partial charge in [0.2, 0.25) is 11.8 Å². The highest BCUT2D eigenvalue weighted by molar-refractivity contribution is 9.11. The van der Waals surface area contributed by atoms with Crippen molar-refractivity contribution in [1.29, 1.82) is 0 Å². The molecule has 0 saturated carbocycles. The number of rotatable bonds is 2. The van der Waals surface area contributed by atoms with Gasteiger partial charge in [0.05, 0.1) is 11.6 Å². The smallest absolute Gasteiger partial charge is 0.232 e. The molecule has 1 heterocycles. The summed E-state index contributed by atoms with van der Waals surface area (Å²) in [5, 5.41) is 5.68. The topological polar surface area (TPSA) is 58.2 Å². The van der Waals surface area contributed by atoms with Gasteiger partial charge < -0.3 is 10.6 Å². The normalized spacial score (nSPS) is 16.6. The fraction of sp³-hybridized carbons (Fsp3) is 0.125. The van der Waals surface area contributed by atoms with Gasteiger partial charge in [0, 0.05) is 21.1 Å². The Morgan fingerprint density at radius 1 is 1.18 bits per heavy atom. The lowest BCUT2D eigenvalue weighted by molar-refractivity contribution is -0.123. The van der Waals surface area contributed by atoms with Crippen molar-refractivity contribution in [3.63, 3.8) is 0 Å². The molecule has 1 aliphatic heterocycles. The maximum atomic E-state index is 12.6. The van der Waals surface area contributed by atoms with Crippen molar-refractivity contribution in [3.05, 3.63) is 57.0 Å². The van der Waals surface area contributed by atoms with Crippen molar-refractivity contribution in [2.75, 3.05) is 10.6 Å². The molecule has 0 spiro atoms. The summed E-state index contributed by atoms with van der Waals surface area (Å²) in [5.41, 5.74) is 2.21. The van der Waals surface area contributed by atoms with E-state index in [1.807, 2.05) is 42.5 Å². The largest absolute Gasteiger partial charge is 0.326 e. The molecule has 2 amide bonds. The van der Waals surface area contributed by atoms with Gasteiger partial charge in [-0.2, -0.15) is 0 Å². The summed E-state index contributed by atoms with van der Waals surface area (Å²) in [6.45, 7) is 0. The Balaban J connectivity index is 1.89. The van der Waals surface area contributed by atoms with Gasteiger partial charge in [-0.1, -0.05) is 34.1 Å². The predicted octanol–water partition coefficient (Wildman–Crippen LogP) is 4.28. The summed E-state index contributed by atoms with van der Waals surface area (Å²) in [4.78, 5) is 24.4. The lowest BCUT2D eigenvalue weighted by Gasteiger charge is -2.25. The first-order valence-electron chi connectivity index (χ1n) is 6.69. The Morgan fingerprint density at radius 2 is 1.95 bits per heavy atom. The van der Waals surface area contributed by atoms with Crippen LogP contribution in [0.1, 0.15) is 17.9 Å². The second-order valence-corrected chi connectivity index (χ2v) is 6.78. The minimum atomic E-state index is -0.490. The lowest BCUT2D eigenvalue weighted by Crippen LogP contribution is -2.30. The average molecular weight is 424 g/mol. The summed E-state index contributed by atoms with van der Waals surface area (Å²) in [7, 11) is 0. The number of fused-ring (bicyclic) bond motifs is 1. The van der Waals surface area contributed by atoms with Gasteiger partial charge in [-0.3, -0.25) is 9.59 Å². The minimum Gasteiger partial charge on any atom is -0.326 e. The molecule has 1 atom stereocenters. The zero-order valence-corrected chi connectivity index (χ0v) is 14.6. The molecule has 0 saturated heterocycles. The van der Waals surface area contributed by atoms with Gasteiger partial charge in [-0.05, 0) is 45.8 Å². The summed E-state index contributed by atoms with van der Waals surface area (Å²) >= 11 is 6.79. The molecule has 2 aromatic rings. The maximum Gasteiger partial charge on any atom is 0.232 e. The number of hydrogen-bond donors (Lipinski definition) is 2. The number of carbonyl (C=O) groups excluding carboxylic acids is 2. The van der Waals surface area contributed by atoms with Gasteiger partial charge in [0.15, 0.2) is 0 Å². The van der Waals surface area contributed by atoms with E-state index in [9.17, 15) is 9.59 Å². The molecule has 1 aliphatic rings. The van der Waals surface area contributed by atoms with Gasteiger partial charge in [-0.15, -0.1) is 0 Å². The minimum absolute atomic E-state index is 0.146. The van der Waals surface area contributed by atoms with Crippen molar-refractivity contribution >= 4 is 55.0 Å². The van der Waals surface area contributed by atoms with Crippen molar-refractivity contribution in [1.82, 2.24) is 0 Å². The molecule has 0 radical (unpaired) electrons. The highest BCUT2D eigenvalue weighted by Gasteiger charge is 2.30. The Morgan fingerprint density at radius 3 is 2.77 bits per heavy atom. The molecule has 2 aromatic carbocycles. The summed E-state index contributed by atoms with van der Waals surface area (Å²) in [6.07, 6.45) is 0.147. The van der Waals surface area contributed by atoms with Crippen molar-refractivity contribution in [2.45, 2.75) is 12.3 Å². The standard InChI is InChI=1S/C16H12Br2N2O2/c17-9-5-6-12(18)14(7-9)20-16(22)11-8-15(21)19-13-4-2-1-3-10(11)13/h1-7,11H,8H2,(H,19,21)(H,20,22). The van der Waals surface area contributed by atoms with Crippen LogP contribution in [0.4, 0.5) is 11.4 Å². The molecule has 0 aromatic heterocycles. The van der Waals surface area contributed by atoms with E-state index >= 15 is 0 Å². The summed E-state index contributed by atoms with van der Waals surface area (Å²) < 4.78 is 1.66. The fourth-order valence-corrected chi connectivity index (χ4v) is 3.17. The lowest BCUT2D eigenvalue weighted by atomic mass is 9.90. The van der Waals surface area contributed by atoms with Crippen LogP contribution in [0.2, 0.25) is 0 Å². The molecule has 112 valence electrons. The monoisotopic (exact) mass is 422 g/mol. The summed E-state index contributed by atoms with van der Waals surface area (Å²) in [6, 6.07) is 12.9. The van der Waals surface area contributed by atoms with E-state index in [2.05, 4.69) is 42.5 Å². The highest BCUT2D eigenvalue weighted by atomic mass is 79.9. The number of amides is 2. The zero-order chi connectivity index (χ0) is 15.7. The second-order valence-electron chi connectivity index (χ2n) is 5.01. The molecule has 0 fully saturated rings. The van der Waals surface area contributed by atoms with Crippen LogP contribution < -0.4 is 10.6 Å². The summed E-state index contributed by atoms with van der Waals surface area (Å²) in [5.74, 6) is -0.830. The second kappa shape index (κ2) is 6.22. The van der Waals surface area contributed by atoms with Crippen LogP contribution in [-0.4, -0.2) is 11.8 Å². The van der Waals surface area contributed by atoms with E-state index in [-0.39, 0.29) is 18.2 Å². The van der Waals surface area contributed by atoms with Gasteiger partial charge in [0.1, 0.15) is 0 Å². The quantitative estimate of drug-likeness (QED) is 0.757. The number of para-hydroxylation sites is 1.